The second kappa shape index (κ2) is 7.23. The van der Waals surface area contributed by atoms with Gasteiger partial charge in [0.2, 0.25) is 6.41 Å². The molecule has 0 saturated heterocycles. The molecule has 0 saturated carbocycles. The number of rotatable bonds is 8. The number of nitrogens with zero attached hydrogens (tertiary/aromatic N) is 1. The third-order valence-electron chi connectivity index (χ3n) is 2.20. The number of carbonyl (C=O) groups excluding carboxylic acids is 1. The van der Waals surface area contributed by atoms with Crippen molar-refractivity contribution in [2.45, 2.75) is 26.3 Å². The summed E-state index contributed by atoms with van der Waals surface area (Å²) >= 11 is 0. The van der Waals surface area contributed by atoms with E-state index in [1.165, 1.54) is 12.0 Å². The molecule has 88 valence electrons. The molecule has 0 spiro atoms. The molecule has 0 bridgehead atoms. The van der Waals surface area contributed by atoms with Crippen molar-refractivity contribution in [3.05, 3.63) is 0 Å². The molecule has 1 amide bonds. The molecule has 0 aliphatic carbocycles. The highest BCUT2D eigenvalue weighted by Gasteiger charge is 2.29. The predicted molar refractivity (Wildman–Crippen MR) is 55.5 cm³/mol. The van der Waals surface area contributed by atoms with Crippen molar-refractivity contribution < 1.29 is 19.4 Å². The number of carboxylic acids is 1. The van der Waals surface area contributed by atoms with Crippen LogP contribution in [0.3, 0.4) is 0 Å². The van der Waals surface area contributed by atoms with Gasteiger partial charge in [0.05, 0.1) is 6.61 Å². The van der Waals surface area contributed by atoms with E-state index in [-0.39, 0.29) is 5.92 Å². The summed E-state index contributed by atoms with van der Waals surface area (Å²) in [5.41, 5.74) is 0. The van der Waals surface area contributed by atoms with Gasteiger partial charge < -0.3 is 14.7 Å². The third kappa shape index (κ3) is 4.29. The van der Waals surface area contributed by atoms with Gasteiger partial charge >= 0.3 is 5.97 Å². The fourth-order valence-corrected chi connectivity index (χ4v) is 1.58. The molecule has 0 fully saturated rings. The molecule has 0 aliphatic heterocycles. The number of hydrogen-bond donors (Lipinski definition) is 1. The van der Waals surface area contributed by atoms with Gasteiger partial charge in [-0.1, -0.05) is 13.8 Å². The van der Waals surface area contributed by atoms with Crippen LogP contribution in [-0.2, 0) is 14.3 Å². The molecule has 5 heteroatoms. The average molecular weight is 217 g/mol. The average Bonchev–Trinajstić information content (AvgIpc) is 2.16. The Balaban J connectivity index is 4.60. The standard InChI is InChI=1S/C10H19NO4/c1-4-5-11(7-12)9(10(13)14)8(2)6-15-3/h7-9H,4-6H2,1-3H3,(H,13,14). The smallest absolute Gasteiger partial charge is 0.326 e. The van der Waals surface area contributed by atoms with E-state index in [0.717, 1.165) is 6.42 Å². The quantitative estimate of drug-likeness (QED) is 0.604. The second-order valence-electron chi connectivity index (χ2n) is 3.56. The molecule has 0 radical (unpaired) electrons. The van der Waals surface area contributed by atoms with Crippen molar-refractivity contribution >= 4 is 12.4 Å². The van der Waals surface area contributed by atoms with E-state index in [1.807, 2.05) is 6.92 Å². The Bertz CT molecular complexity index is 208. The summed E-state index contributed by atoms with van der Waals surface area (Å²) in [5, 5.41) is 9.04. The topological polar surface area (TPSA) is 66.8 Å². The summed E-state index contributed by atoms with van der Waals surface area (Å²) in [6.45, 7) is 4.43. The van der Waals surface area contributed by atoms with E-state index in [0.29, 0.717) is 19.6 Å². The molecule has 0 aliphatic rings. The van der Waals surface area contributed by atoms with Crippen molar-refractivity contribution in [1.29, 1.82) is 0 Å². The summed E-state index contributed by atoms with van der Waals surface area (Å²) in [5.74, 6) is -1.20. The number of amides is 1. The Kier molecular flexibility index (Phi) is 6.70. The first-order chi connectivity index (χ1) is 7.08. The maximum Gasteiger partial charge on any atom is 0.326 e. The molecular weight excluding hydrogens is 198 g/mol. The van der Waals surface area contributed by atoms with E-state index in [9.17, 15) is 9.59 Å². The molecule has 0 heterocycles. The summed E-state index contributed by atoms with van der Waals surface area (Å²) in [7, 11) is 1.51. The molecule has 15 heavy (non-hydrogen) atoms. The van der Waals surface area contributed by atoms with E-state index >= 15 is 0 Å². The van der Waals surface area contributed by atoms with Crippen LogP contribution in [0.15, 0.2) is 0 Å². The van der Waals surface area contributed by atoms with Gasteiger partial charge in [-0.25, -0.2) is 4.79 Å². The number of hydrogen-bond acceptors (Lipinski definition) is 3. The number of ether oxygens (including phenoxy) is 1. The van der Waals surface area contributed by atoms with Gasteiger partial charge in [0.15, 0.2) is 0 Å². The monoisotopic (exact) mass is 217 g/mol. The van der Waals surface area contributed by atoms with Crippen molar-refractivity contribution in [3.63, 3.8) is 0 Å². The maximum absolute atomic E-state index is 11.0. The molecule has 0 rings (SSSR count). The molecule has 2 unspecified atom stereocenters. The molecule has 0 aromatic carbocycles. The highest BCUT2D eigenvalue weighted by Crippen LogP contribution is 2.11. The first-order valence-corrected chi connectivity index (χ1v) is 5.01. The van der Waals surface area contributed by atoms with Crippen LogP contribution in [0.1, 0.15) is 20.3 Å². The first kappa shape index (κ1) is 13.9. The lowest BCUT2D eigenvalue weighted by molar-refractivity contribution is -0.149. The minimum Gasteiger partial charge on any atom is -0.480 e. The van der Waals surface area contributed by atoms with E-state index < -0.39 is 12.0 Å². The van der Waals surface area contributed by atoms with Crippen LogP contribution < -0.4 is 0 Å². The highest BCUT2D eigenvalue weighted by molar-refractivity contribution is 5.76. The Morgan fingerprint density at radius 2 is 2.20 bits per heavy atom. The molecule has 5 nitrogen and oxygen atoms in total. The van der Waals surface area contributed by atoms with Gasteiger partial charge in [0, 0.05) is 19.6 Å². The predicted octanol–water partition coefficient (Wildman–Crippen LogP) is 0.590. The summed E-state index contributed by atoms with van der Waals surface area (Å²) in [6.07, 6.45) is 1.33. The third-order valence-corrected chi connectivity index (χ3v) is 2.20. The van der Waals surface area contributed by atoms with Gasteiger partial charge in [0.1, 0.15) is 6.04 Å². The fraction of sp³-hybridized carbons (Fsp3) is 0.800. The lowest BCUT2D eigenvalue weighted by atomic mass is 10.0. The van der Waals surface area contributed by atoms with Crippen molar-refractivity contribution in [2.75, 3.05) is 20.3 Å². The molecule has 1 N–H and O–H groups in total. The van der Waals surface area contributed by atoms with Crippen molar-refractivity contribution in [3.8, 4) is 0 Å². The zero-order chi connectivity index (χ0) is 11.8. The second-order valence-corrected chi connectivity index (χ2v) is 3.56. The Morgan fingerprint density at radius 1 is 1.60 bits per heavy atom. The maximum atomic E-state index is 11.0. The van der Waals surface area contributed by atoms with E-state index in [2.05, 4.69) is 0 Å². The Labute approximate surface area is 90.0 Å². The number of aliphatic carboxylic acids is 1. The first-order valence-electron chi connectivity index (χ1n) is 5.01. The highest BCUT2D eigenvalue weighted by atomic mass is 16.5. The summed E-state index contributed by atoms with van der Waals surface area (Å²) in [6, 6.07) is -0.803. The van der Waals surface area contributed by atoms with Gasteiger partial charge in [-0.2, -0.15) is 0 Å². The lowest BCUT2D eigenvalue weighted by Gasteiger charge is -2.28. The molecule has 0 aromatic rings. The minimum absolute atomic E-state index is 0.218. The van der Waals surface area contributed by atoms with Crippen LogP contribution in [0.25, 0.3) is 0 Å². The van der Waals surface area contributed by atoms with Gasteiger partial charge in [-0.15, -0.1) is 0 Å². The SMILES string of the molecule is CCCN(C=O)C(C(=O)O)C(C)COC. The lowest BCUT2D eigenvalue weighted by Crippen LogP contribution is -2.46. The molecule has 0 aromatic heterocycles. The van der Waals surface area contributed by atoms with Crippen LogP contribution in [0, 0.1) is 5.92 Å². The van der Waals surface area contributed by atoms with Gasteiger partial charge in [-0.05, 0) is 6.42 Å². The number of methoxy groups -OCH3 is 1. The van der Waals surface area contributed by atoms with Crippen LogP contribution in [0.5, 0.6) is 0 Å². The normalized spacial score (nSPS) is 14.3. The van der Waals surface area contributed by atoms with E-state index in [1.54, 1.807) is 6.92 Å². The van der Waals surface area contributed by atoms with Gasteiger partial charge in [-0.3, -0.25) is 4.79 Å². The Morgan fingerprint density at radius 3 is 2.53 bits per heavy atom. The van der Waals surface area contributed by atoms with Crippen LogP contribution in [0.4, 0.5) is 0 Å². The zero-order valence-electron chi connectivity index (χ0n) is 9.47. The van der Waals surface area contributed by atoms with Crippen LogP contribution >= 0.6 is 0 Å². The van der Waals surface area contributed by atoms with Crippen molar-refractivity contribution in [2.24, 2.45) is 5.92 Å². The number of carboxylic acid groups (broad SMARTS) is 1. The van der Waals surface area contributed by atoms with Crippen LogP contribution in [0.2, 0.25) is 0 Å². The molecular formula is C10H19NO4. The van der Waals surface area contributed by atoms with E-state index in [4.69, 9.17) is 9.84 Å². The Hall–Kier alpha value is -1.10. The largest absolute Gasteiger partial charge is 0.480 e. The zero-order valence-corrected chi connectivity index (χ0v) is 9.47. The molecule has 2 atom stereocenters. The minimum atomic E-state index is -0.986. The fourth-order valence-electron chi connectivity index (χ4n) is 1.58. The van der Waals surface area contributed by atoms with Gasteiger partial charge in [0.25, 0.3) is 0 Å². The summed E-state index contributed by atoms with van der Waals surface area (Å²) < 4.78 is 4.90. The number of carbonyl (C=O) groups is 2. The van der Waals surface area contributed by atoms with Crippen molar-refractivity contribution in [1.82, 2.24) is 4.90 Å². The summed E-state index contributed by atoms with van der Waals surface area (Å²) in [4.78, 5) is 23.1. The van der Waals surface area contributed by atoms with Crippen LogP contribution in [-0.4, -0.2) is 48.7 Å².